The van der Waals surface area contributed by atoms with Crippen LogP contribution in [-0.2, 0) is 0 Å². The van der Waals surface area contributed by atoms with Crippen molar-refractivity contribution in [3.05, 3.63) is 0 Å². The van der Waals surface area contributed by atoms with Crippen LogP contribution in [-0.4, -0.2) is 17.5 Å². The Morgan fingerprint density at radius 2 is 2.50 bits per heavy atom. The summed E-state index contributed by atoms with van der Waals surface area (Å²) >= 11 is 0. The highest BCUT2D eigenvalue weighted by Gasteiger charge is 2.19. The first kappa shape index (κ1) is 7.54. The third kappa shape index (κ3) is 1.70. The highest BCUT2D eigenvalue weighted by molar-refractivity contribution is 5.62. The summed E-state index contributed by atoms with van der Waals surface area (Å²) < 4.78 is 0. The summed E-state index contributed by atoms with van der Waals surface area (Å²) in [5.41, 5.74) is 2.60. The number of unbranched alkanes of at least 4 members (excludes halogenated alkanes) is 1. The minimum absolute atomic E-state index is 0.236. The molecule has 3 nitrogen and oxygen atoms in total. The van der Waals surface area contributed by atoms with Crippen molar-refractivity contribution in [1.29, 1.82) is 0 Å². The summed E-state index contributed by atoms with van der Waals surface area (Å²) in [6.45, 7) is 2.14. The van der Waals surface area contributed by atoms with Crippen molar-refractivity contribution >= 4 is 6.21 Å². The molecule has 0 amide bonds. The van der Waals surface area contributed by atoms with E-state index < -0.39 is 6.23 Å². The first-order valence-electron chi connectivity index (χ1n) is 3.81. The van der Waals surface area contributed by atoms with Crippen LogP contribution in [0.5, 0.6) is 0 Å². The number of nitrogens with one attached hydrogen (secondary N) is 1. The lowest BCUT2D eigenvalue weighted by atomic mass is 10.0. The predicted molar refractivity (Wildman–Crippen MR) is 40.6 cm³/mol. The minimum atomic E-state index is -0.438. The molecule has 0 saturated heterocycles. The Bertz CT molecular complexity index is 125. The van der Waals surface area contributed by atoms with E-state index in [9.17, 15) is 5.11 Å². The fraction of sp³-hybridized carbons (Fsp3) is 0.857. The largest absolute Gasteiger partial charge is 0.372 e. The van der Waals surface area contributed by atoms with Crippen molar-refractivity contribution < 1.29 is 5.11 Å². The van der Waals surface area contributed by atoms with E-state index in [1.165, 1.54) is 6.42 Å². The molecule has 0 aromatic carbocycles. The van der Waals surface area contributed by atoms with Gasteiger partial charge < -0.3 is 5.11 Å². The maximum Gasteiger partial charge on any atom is 0.147 e. The van der Waals surface area contributed by atoms with E-state index in [2.05, 4.69) is 17.5 Å². The van der Waals surface area contributed by atoms with Crippen LogP contribution in [0.25, 0.3) is 0 Å². The van der Waals surface area contributed by atoms with Crippen molar-refractivity contribution in [2.24, 2.45) is 11.0 Å². The zero-order chi connectivity index (χ0) is 7.40. The summed E-state index contributed by atoms with van der Waals surface area (Å²) in [6.07, 6.45) is 4.73. The van der Waals surface area contributed by atoms with Crippen molar-refractivity contribution in [2.75, 3.05) is 0 Å². The highest BCUT2D eigenvalue weighted by atomic mass is 16.3. The number of hydrazone groups is 1. The molecule has 2 unspecified atom stereocenters. The van der Waals surface area contributed by atoms with E-state index in [0.29, 0.717) is 0 Å². The van der Waals surface area contributed by atoms with E-state index in [1.807, 2.05) is 0 Å². The maximum absolute atomic E-state index is 9.18. The molecule has 0 fully saturated rings. The average molecular weight is 142 g/mol. The lowest BCUT2D eigenvalue weighted by Crippen LogP contribution is -2.26. The van der Waals surface area contributed by atoms with Crippen LogP contribution in [0.1, 0.15) is 26.2 Å². The van der Waals surface area contributed by atoms with Crippen LogP contribution >= 0.6 is 0 Å². The van der Waals surface area contributed by atoms with Crippen LogP contribution in [0.3, 0.4) is 0 Å². The Morgan fingerprint density at radius 3 is 3.00 bits per heavy atom. The van der Waals surface area contributed by atoms with E-state index >= 15 is 0 Å². The van der Waals surface area contributed by atoms with Crippen LogP contribution < -0.4 is 5.43 Å². The molecule has 1 rings (SSSR count). The van der Waals surface area contributed by atoms with Gasteiger partial charge in [0.25, 0.3) is 0 Å². The molecule has 10 heavy (non-hydrogen) atoms. The molecule has 2 atom stereocenters. The third-order valence-electron chi connectivity index (χ3n) is 1.77. The molecule has 0 bridgehead atoms. The molecule has 3 heteroatoms. The van der Waals surface area contributed by atoms with Crippen molar-refractivity contribution in [2.45, 2.75) is 32.4 Å². The van der Waals surface area contributed by atoms with Gasteiger partial charge in [-0.05, 0) is 6.42 Å². The molecular weight excluding hydrogens is 128 g/mol. The fourth-order valence-electron chi connectivity index (χ4n) is 1.06. The number of hydrogen-bond donors (Lipinski definition) is 2. The summed E-state index contributed by atoms with van der Waals surface area (Å²) in [5.74, 6) is 0.236. The Balaban J connectivity index is 2.20. The lowest BCUT2D eigenvalue weighted by Gasteiger charge is -2.10. The second kappa shape index (κ2) is 3.56. The standard InChI is InChI=1S/C7H14N2O/c1-2-3-4-6-5-8-9-7(6)10/h5-7,9-10H,2-4H2,1H3. The second-order valence-corrected chi connectivity index (χ2v) is 2.66. The summed E-state index contributed by atoms with van der Waals surface area (Å²) in [6, 6.07) is 0. The molecule has 0 aromatic rings. The van der Waals surface area contributed by atoms with Gasteiger partial charge in [-0.2, -0.15) is 5.10 Å². The highest BCUT2D eigenvalue weighted by Crippen LogP contribution is 2.12. The Labute approximate surface area is 61.1 Å². The van der Waals surface area contributed by atoms with Crippen LogP contribution in [0.4, 0.5) is 0 Å². The Morgan fingerprint density at radius 1 is 1.70 bits per heavy atom. The van der Waals surface area contributed by atoms with Gasteiger partial charge in [-0.3, -0.25) is 5.43 Å². The number of nitrogens with zero attached hydrogens (tertiary/aromatic N) is 1. The zero-order valence-corrected chi connectivity index (χ0v) is 6.25. The van der Waals surface area contributed by atoms with Gasteiger partial charge in [-0.25, -0.2) is 0 Å². The molecule has 0 radical (unpaired) electrons. The van der Waals surface area contributed by atoms with Gasteiger partial charge in [-0.1, -0.05) is 19.8 Å². The first-order chi connectivity index (χ1) is 4.84. The number of hydrogen-bond acceptors (Lipinski definition) is 3. The van der Waals surface area contributed by atoms with Crippen molar-refractivity contribution in [1.82, 2.24) is 5.43 Å². The Kier molecular flexibility index (Phi) is 2.68. The minimum Gasteiger partial charge on any atom is -0.372 e. The maximum atomic E-state index is 9.18. The molecule has 1 aliphatic heterocycles. The van der Waals surface area contributed by atoms with Gasteiger partial charge in [0, 0.05) is 12.1 Å². The van der Waals surface area contributed by atoms with E-state index in [0.717, 1.165) is 12.8 Å². The predicted octanol–water partition coefficient (Wildman–Crippen LogP) is 0.700. The average Bonchev–Trinajstić information content (AvgIpc) is 2.31. The van der Waals surface area contributed by atoms with Gasteiger partial charge in [0.1, 0.15) is 6.23 Å². The molecule has 58 valence electrons. The topological polar surface area (TPSA) is 44.6 Å². The number of rotatable bonds is 3. The molecule has 2 N–H and O–H groups in total. The molecule has 1 aliphatic rings. The summed E-state index contributed by atoms with van der Waals surface area (Å²) in [4.78, 5) is 0. The summed E-state index contributed by atoms with van der Waals surface area (Å²) in [7, 11) is 0. The van der Waals surface area contributed by atoms with Gasteiger partial charge in [0.15, 0.2) is 0 Å². The molecule has 0 spiro atoms. The molecule has 0 aliphatic carbocycles. The van der Waals surface area contributed by atoms with E-state index in [4.69, 9.17) is 0 Å². The normalized spacial score (nSPS) is 30.6. The smallest absolute Gasteiger partial charge is 0.147 e. The van der Waals surface area contributed by atoms with Gasteiger partial charge in [0.2, 0.25) is 0 Å². The fourth-order valence-corrected chi connectivity index (χ4v) is 1.06. The van der Waals surface area contributed by atoms with E-state index in [-0.39, 0.29) is 5.92 Å². The molecular formula is C7H14N2O. The number of aliphatic hydroxyl groups is 1. The monoisotopic (exact) mass is 142 g/mol. The Hall–Kier alpha value is -0.570. The van der Waals surface area contributed by atoms with E-state index in [1.54, 1.807) is 6.21 Å². The lowest BCUT2D eigenvalue weighted by molar-refractivity contribution is 0.114. The van der Waals surface area contributed by atoms with Crippen LogP contribution in [0.2, 0.25) is 0 Å². The molecule has 1 heterocycles. The third-order valence-corrected chi connectivity index (χ3v) is 1.77. The van der Waals surface area contributed by atoms with Crippen molar-refractivity contribution in [3.63, 3.8) is 0 Å². The van der Waals surface area contributed by atoms with Gasteiger partial charge >= 0.3 is 0 Å². The first-order valence-corrected chi connectivity index (χ1v) is 3.81. The SMILES string of the molecule is CCCCC1C=NNC1O. The number of aliphatic hydroxyl groups excluding tert-OH is 1. The quantitative estimate of drug-likeness (QED) is 0.609. The van der Waals surface area contributed by atoms with Crippen molar-refractivity contribution in [3.8, 4) is 0 Å². The molecule has 0 saturated carbocycles. The zero-order valence-electron chi connectivity index (χ0n) is 6.25. The van der Waals surface area contributed by atoms with Gasteiger partial charge in [0.05, 0.1) is 0 Å². The van der Waals surface area contributed by atoms with Crippen LogP contribution in [0, 0.1) is 5.92 Å². The van der Waals surface area contributed by atoms with Gasteiger partial charge in [-0.15, -0.1) is 0 Å². The molecule has 0 aromatic heterocycles. The van der Waals surface area contributed by atoms with Crippen LogP contribution in [0.15, 0.2) is 5.10 Å². The second-order valence-electron chi connectivity index (χ2n) is 2.66. The summed E-state index contributed by atoms with van der Waals surface area (Å²) in [5, 5.41) is 13.0.